The van der Waals surface area contributed by atoms with Crippen LogP contribution in [-0.4, -0.2) is 23.1 Å². The van der Waals surface area contributed by atoms with Crippen LogP contribution in [0, 0.1) is 0 Å². The van der Waals surface area contributed by atoms with Crippen LogP contribution in [0.15, 0.2) is 29.3 Å². The van der Waals surface area contributed by atoms with Crippen molar-refractivity contribution in [3.63, 3.8) is 0 Å². The average molecular weight is 203 g/mol. The molecule has 4 nitrogen and oxygen atoms in total. The quantitative estimate of drug-likeness (QED) is 0.745. The number of hydrogen-bond acceptors (Lipinski definition) is 3. The van der Waals surface area contributed by atoms with Crippen LogP contribution in [0.1, 0.15) is 17.2 Å². The van der Waals surface area contributed by atoms with Crippen LogP contribution in [-0.2, 0) is 16.0 Å². The summed E-state index contributed by atoms with van der Waals surface area (Å²) in [6, 6.07) is 7.81. The van der Waals surface area contributed by atoms with Crippen molar-refractivity contribution in [2.45, 2.75) is 18.6 Å². The third-order valence-electron chi connectivity index (χ3n) is 2.85. The molecule has 0 bridgehead atoms. The number of hydrogen-bond donors (Lipinski definition) is 1. The van der Waals surface area contributed by atoms with Crippen LogP contribution in [0.4, 0.5) is 0 Å². The third-order valence-corrected chi connectivity index (χ3v) is 2.85. The van der Waals surface area contributed by atoms with E-state index in [9.17, 15) is 4.79 Å². The summed E-state index contributed by atoms with van der Waals surface area (Å²) in [5.41, 5.74) is 2.31. The van der Waals surface area contributed by atoms with E-state index in [0.717, 1.165) is 12.0 Å². The van der Waals surface area contributed by atoms with Crippen molar-refractivity contribution in [1.82, 2.24) is 0 Å². The maximum Gasteiger partial charge on any atom is 0.391 e. The maximum absolute atomic E-state index is 10.7. The monoisotopic (exact) mass is 203 g/mol. The number of nitrogens with zero attached hydrogens (tertiary/aromatic N) is 1. The minimum absolute atomic E-state index is 0.117. The van der Waals surface area contributed by atoms with Crippen LogP contribution in [0.25, 0.3) is 0 Å². The van der Waals surface area contributed by atoms with E-state index in [1.54, 1.807) is 0 Å². The topological polar surface area (TPSA) is 58.9 Å². The normalized spacial score (nSPS) is 26.5. The summed E-state index contributed by atoms with van der Waals surface area (Å²) in [7, 11) is 0. The molecule has 1 aromatic rings. The first-order valence-electron chi connectivity index (χ1n) is 4.81. The molecular formula is C11H9NO3. The minimum atomic E-state index is -1.08. The highest BCUT2D eigenvalue weighted by atomic mass is 16.5. The molecule has 0 fully saturated rings. The lowest BCUT2D eigenvalue weighted by molar-refractivity contribution is -0.131. The van der Waals surface area contributed by atoms with Crippen LogP contribution in [0.3, 0.4) is 0 Å². The number of rotatable bonds is 1. The predicted octanol–water partition coefficient (Wildman–Crippen LogP) is 1.17. The molecule has 0 spiro atoms. The molecule has 1 aliphatic heterocycles. The van der Waals surface area contributed by atoms with Gasteiger partial charge in [0.1, 0.15) is 12.1 Å². The van der Waals surface area contributed by atoms with Gasteiger partial charge in [0.05, 0.1) is 0 Å². The molecule has 0 saturated heterocycles. The number of carboxylic acid groups (broad SMARTS) is 1. The fourth-order valence-electron chi connectivity index (χ4n) is 2.20. The van der Waals surface area contributed by atoms with Gasteiger partial charge in [-0.2, -0.15) is 0 Å². The number of fused-ring (bicyclic) bond motifs is 3. The third kappa shape index (κ3) is 1.14. The van der Waals surface area contributed by atoms with E-state index >= 15 is 0 Å². The Kier molecular flexibility index (Phi) is 1.59. The van der Waals surface area contributed by atoms with E-state index in [4.69, 9.17) is 9.84 Å². The summed E-state index contributed by atoms with van der Waals surface area (Å²) in [6.07, 6.45) is 0.634. The number of aliphatic imine (C=N–C) groups is 1. The first kappa shape index (κ1) is 8.47. The number of carboxylic acids is 1. The molecule has 0 saturated carbocycles. The summed E-state index contributed by atoms with van der Waals surface area (Å²) in [6.45, 7) is 0. The molecule has 2 atom stereocenters. The zero-order valence-corrected chi connectivity index (χ0v) is 7.88. The molecule has 76 valence electrons. The van der Waals surface area contributed by atoms with Crippen LogP contribution in [0.2, 0.25) is 0 Å². The molecule has 1 aliphatic carbocycles. The number of benzene rings is 1. The summed E-state index contributed by atoms with van der Waals surface area (Å²) in [5, 5.41) is 8.76. The summed E-state index contributed by atoms with van der Waals surface area (Å²) < 4.78 is 5.28. The van der Waals surface area contributed by atoms with Gasteiger partial charge in [0, 0.05) is 6.42 Å². The number of aliphatic carboxylic acids is 1. The summed E-state index contributed by atoms with van der Waals surface area (Å²) in [5.74, 6) is -1.23. The lowest BCUT2D eigenvalue weighted by Crippen LogP contribution is -2.18. The maximum atomic E-state index is 10.7. The van der Waals surface area contributed by atoms with Crippen molar-refractivity contribution < 1.29 is 14.6 Å². The van der Waals surface area contributed by atoms with Gasteiger partial charge in [-0.25, -0.2) is 9.79 Å². The van der Waals surface area contributed by atoms with E-state index < -0.39 is 5.97 Å². The molecule has 1 N–H and O–H groups in total. The van der Waals surface area contributed by atoms with Gasteiger partial charge in [0.15, 0.2) is 0 Å². The predicted molar refractivity (Wildman–Crippen MR) is 52.8 cm³/mol. The van der Waals surface area contributed by atoms with Gasteiger partial charge in [-0.1, -0.05) is 24.3 Å². The van der Waals surface area contributed by atoms with E-state index in [1.807, 2.05) is 24.3 Å². The lowest BCUT2D eigenvalue weighted by Gasteiger charge is -2.06. The van der Waals surface area contributed by atoms with Crippen molar-refractivity contribution in [2.24, 2.45) is 4.99 Å². The van der Waals surface area contributed by atoms with Crippen LogP contribution in [0.5, 0.6) is 0 Å². The Balaban J connectivity index is 2.02. The van der Waals surface area contributed by atoms with Gasteiger partial charge in [-0.05, 0) is 11.1 Å². The molecule has 0 aromatic heterocycles. The standard InChI is InChI=1S/C11H9NO3/c13-11(14)10-12-9-7-4-2-1-3-6(7)5-8(9)15-10/h1-4,8-9H,5H2,(H,13,14)/t8-,9+/m1/s1. The van der Waals surface area contributed by atoms with Crippen molar-refractivity contribution in [1.29, 1.82) is 0 Å². The van der Waals surface area contributed by atoms with E-state index in [0.29, 0.717) is 0 Å². The fraction of sp³-hybridized carbons (Fsp3) is 0.273. The van der Waals surface area contributed by atoms with Gasteiger partial charge < -0.3 is 9.84 Å². The molecule has 3 rings (SSSR count). The van der Waals surface area contributed by atoms with Crippen LogP contribution >= 0.6 is 0 Å². The SMILES string of the molecule is O=C(O)C1=N[C@H]2c3ccccc3C[C@H]2O1. The molecule has 1 aromatic carbocycles. The second-order valence-electron chi connectivity index (χ2n) is 3.74. The van der Waals surface area contributed by atoms with Crippen molar-refractivity contribution in [3.05, 3.63) is 35.4 Å². The molecule has 4 heteroatoms. The second kappa shape index (κ2) is 2.82. The van der Waals surface area contributed by atoms with Crippen molar-refractivity contribution >= 4 is 11.9 Å². The zero-order chi connectivity index (χ0) is 10.4. The molecule has 0 amide bonds. The summed E-state index contributed by atoms with van der Waals surface area (Å²) in [4.78, 5) is 14.8. The average Bonchev–Trinajstić information content (AvgIpc) is 2.73. The molecule has 1 heterocycles. The Morgan fingerprint density at radius 2 is 2.27 bits per heavy atom. The Bertz CT molecular complexity index is 467. The Morgan fingerprint density at radius 1 is 1.47 bits per heavy atom. The first-order valence-corrected chi connectivity index (χ1v) is 4.81. The van der Waals surface area contributed by atoms with Gasteiger partial charge >= 0.3 is 5.97 Å². The smallest absolute Gasteiger partial charge is 0.391 e. The molecule has 15 heavy (non-hydrogen) atoms. The van der Waals surface area contributed by atoms with E-state index in [-0.39, 0.29) is 18.0 Å². The lowest BCUT2D eigenvalue weighted by atomic mass is 10.1. The Hall–Kier alpha value is -1.84. The van der Waals surface area contributed by atoms with Crippen molar-refractivity contribution in [3.8, 4) is 0 Å². The number of carbonyl (C=O) groups is 1. The Morgan fingerprint density at radius 3 is 3.07 bits per heavy atom. The van der Waals surface area contributed by atoms with Gasteiger partial charge in [0.25, 0.3) is 5.90 Å². The largest absolute Gasteiger partial charge is 0.474 e. The first-order chi connectivity index (χ1) is 7.25. The molecule has 0 unspecified atom stereocenters. The highest BCUT2D eigenvalue weighted by Gasteiger charge is 2.40. The highest BCUT2D eigenvalue weighted by molar-refractivity contribution is 6.32. The highest BCUT2D eigenvalue weighted by Crippen LogP contribution is 2.39. The van der Waals surface area contributed by atoms with E-state index in [1.165, 1.54) is 5.56 Å². The molecule has 0 radical (unpaired) electrons. The Labute approximate surface area is 86.2 Å². The number of ether oxygens (including phenoxy) is 1. The van der Waals surface area contributed by atoms with E-state index in [2.05, 4.69) is 4.99 Å². The minimum Gasteiger partial charge on any atom is -0.474 e. The van der Waals surface area contributed by atoms with Gasteiger partial charge in [-0.15, -0.1) is 0 Å². The van der Waals surface area contributed by atoms with Gasteiger partial charge in [-0.3, -0.25) is 0 Å². The summed E-state index contributed by atoms with van der Waals surface area (Å²) >= 11 is 0. The van der Waals surface area contributed by atoms with Gasteiger partial charge in [0.2, 0.25) is 0 Å². The molecular weight excluding hydrogens is 194 g/mol. The fourth-order valence-corrected chi connectivity index (χ4v) is 2.20. The van der Waals surface area contributed by atoms with Crippen molar-refractivity contribution in [2.75, 3.05) is 0 Å². The molecule has 2 aliphatic rings. The second-order valence-corrected chi connectivity index (χ2v) is 3.74. The van der Waals surface area contributed by atoms with Crippen LogP contribution < -0.4 is 0 Å². The zero-order valence-electron chi connectivity index (χ0n) is 7.88.